The van der Waals surface area contributed by atoms with Gasteiger partial charge in [0, 0.05) is 10.9 Å². The quantitative estimate of drug-likeness (QED) is 0.353. The van der Waals surface area contributed by atoms with E-state index >= 15 is 0 Å². The zero-order chi connectivity index (χ0) is 22.5. The number of hydrogen-bond acceptors (Lipinski definition) is 6. The molecule has 0 aliphatic rings. The Balaban J connectivity index is 1.60. The summed E-state index contributed by atoms with van der Waals surface area (Å²) in [5.41, 5.74) is 1.24. The Hall–Kier alpha value is -4.39. The van der Waals surface area contributed by atoms with E-state index in [1.165, 1.54) is 14.2 Å². The van der Waals surface area contributed by atoms with Crippen LogP contribution in [0.1, 0.15) is 20.7 Å². The van der Waals surface area contributed by atoms with E-state index in [9.17, 15) is 9.59 Å². The first-order valence-electron chi connectivity index (χ1n) is 9.79. The average molecular weight is 428 g/mol. The molecule has 4 aromatic rings. The highest BCUT2D eigenvalue weighted by Gasteiger charge is 2.14. The van der Waals surface area contributed by atoms with Gasteiger partial charge in [0.2, 0.25) is 0 Å². The van der Waals surface area contributed by atoms with E-state index < -0.39 is 5.97 Å². The molecule has 0 saturated carbocycles. The number of para-hydroxylation sites is 1. The van der Waals surface area contributed by atoms with Crippen molar-refractivity contribution < 1.29 is 23.8 Å². The number of fused-ring (bicyclic) bond motifs is 1. The Morgan fingerprint density at radius 1 is 0.781 bits per heavy atom. The minimum absolute atomic E-state index is 0.285. The molecule has 1 N–H and O–H groups in total. The number of methoxy groups -OCH3 is 2. The lowest BCUT2D eigenvalue weighted by atomic mass is 10.2. The minimum atomic E-state index is -0.538. The number of benzene rings is 3. The van der Waals surface area contributed by atoms with Crippen molar-refractivity contribution in [1.29, 1.82) is 0 Å². The fourth-order valence-electron chi connectivity index (χ4n) is 3.13. The molecule has 1 heterocycles. The summed E-state index contributed by atoms with van der Waals surface area (Å²) in [6.45, 7) is 0. The number of hydrogen-bond donors (Lipinski definition) is 1. The van der Waals surface area contributed by atoms with E-state index in [0.29, 0.717) is 34.0 Å². The maximum absolute atomic E-state index is 12.6. The molecule has 32 heavy (non-hydrogen) atoms. The smallest absolute Gasteiger partial charge is 0.343 e. The number of nitrogens with one attached hydrogen (secondary N) is 1. The molecule has 3 aromatic carbocycles. The van der Waals surface area contributed by atoms with Gasteiger partial charge in [0.25, 0.3) is 5.91 Å². The summed E-state index contributed by atoms with van der Waals surface area (Å²) in [5.74, 6) is 0.877. The van der Waals surface area contributed by atoms with Crippen LogP contribution in [0.15, 0.2) is 78.9 Å². The molecule has 1 amide bonds. The number of carbonyl (C=O) groups excluding carboxylic acids is 2. The summed E-state index contributed by atoms with van der Waals surface area (Å²) < 4.78 is 15.9. The molecule has 7 heteroatoms. The van der Waals surface area contributed by atoms with Gasteiger partial charge in [0.15, 0.2) is 5.75 Å². The van der Waals surface area contributed by atoms with Gasteiger partial charge >= 0.3 is 5.97 Å². The van der Waals surface area contributed by atoms with E-state index in [0.717, 1.165) is 5.39 Å². The molecule has 160 valence electrons. The van der Waals surface area contributed by atoms with Crippen LogP contribution in [-0.4, -0.2) is 31.1 Å². The van der Waals surface area contributed by atoms with Gasteiger partial charge in [-0.05, 0) is 54.6 Å². The van der Waals surface area contributed by atoms with Crippen molar-refractivity contribution in [1.82, 2.24) is 4.98 Å². The van der Waals surface area contributed by atoms with E-state index in [1.54, 1.807) is 72.8 Å². The van der Waals surface area contributed by atoms with Gasteiger partial charge in [-0.1, -0.05) is 24.3 Å². The van der Waals surface area contributed by atoms with Crippen molar-refractivity contribution in [3.05, 3.63) is 90.0 Å². The standard InChI is InChI=1S/C25H20N2O5/c1-30-19-9-3-7-17(14-19)24(28)27-22-13-12-16-6-5-11-21(23(16)26-22)32-25(29)18-8-4-10-20(15-18)31-2/h3-15H,1-2H3,(H,26,27,28). The summed E-state index contributed by atoms with van der Waals surface area (Å²) in [5, 5.41) is 3.53. The Morgan fingerprint density at radius 2 is 1.44 bits per heavy atom. The molecular weight excluding hydrogens is 408 g/mol. The van der Waals surface area contributed by atoms with Crippen molar-refractivity contribution in [3.63, 3.8) is 0 Å². The van der Waals surface area contributed by atoms with Gasteiger partial charge in [-0.3, -0.25) is 4.79 Å². The second kappa shape index (κ2) is 9.18. The van der Waals surface area contributed by atoms with Crippen molar-refractivity contribution in [2.45, 2.75) is 0 Å². The van der Waals surface area contributed by atoms with Gasteiger partial charge in [-0.15, -0.1) is 0 Å². The molecule has 0 fully saturated rings. The number of rotatable bonds is 6. The Kier molecular flexibility index (Phi) is 5.98. The van der Waals surface area contributed by atoms with Crippen LogP contribution in [-0.2, 0) is 0 Å². The molecule has 1 aromatic heterocycles. The molecule has 0 saturated heterocycles. The van der Waals surface area contributed by atoms with Gasteiger partial charge < -0.3 is 19.5 Å². The third-order valence-electron chi connectivity index (χ3n) is 4.76. The van der Waals surface area contributed by atoms with Crippen LogP contribution in [0.2, 0.25) is 0 Å². The zero-order valence-electron chi connectivity index (χ0n) is 17.5. The van der Waals surface area contributed by atoms with E-state index in [4.69, 9.17) is 14.2 Å². The van der Waals surface area contributed by atoms with Gasteiger partial charge in [-0.25, -0.2) is 9.78 Å². The normalized spacial score (nSPS) is 10.4. The summed E-state index contributed by atoms with van der Waals surface area (Å²) in [7, 11) is 3.07. The molecule has 0 radical (unpaired) electrons. The van der Waals surface area contributed by atoms with Crippen LogP contribution in [0.4, 0.5) is 5.82 Å². The summed E-state index contributed by atoms with van der Waals surface area (Å²) in [4.78, 5) is 29.8. The third kappa shape index (κ3) is 4.52. The molecule has 0 unspecified atom stereocenters. The predicted octanol–water partition coefficient (Wildman–Crippen LogP) is 4.72. The molecule has 0 spiro atoms. The summed E-state index contributed by atoms with van der Waals surface area (Å²) in [6, 6.07) is 22.3. The highest BCUT2D eigenvalue weighted by Crippen LogP contribution is 2.27. The number of amides is 1. The van der Waals surface area contributed by atoms with Crippen LogP contribution < -0.4 is 19.5 Å². The molecule has 0 atom stereocenters. The first-order chi connectivity index (χ1) is 15.6. The lowest BCUT2D eigenvalue weighted by molar-refractivity contribution is 0.0736. The number of anilines is 1. The van der Waals surface area contributed by atoms with Crippen molar-refractivity contribution in [2.75, 3.05) is 19.5 Å². The van der Waals surface area contributed by atoms with Gasteiger partial charge in [-0.2, -0.15) is 0 Å². The molecule has 0 bridgehead atoms. The van der Waals surface area contributed by atoms with E-state index in [2.05, 4.69) is 10.3 Å². The number of ether oxygens (including phenoxy) is 3. The van der Waals surface area contributed by atoms with Crippen LogP contribution in [0, 0.1) is 0 Å². The number of aromatic nitrogens is 1. The highest BCUT2D eigenvalue weighted by atomic mass is 16.5. The Labute approximate surface area is 184 Å². The maximum Gasteiger partial charge on any atom is 0.343 e. The molecule has 7 nitrogen and oxygen atoms in total. The monoisotopic (exact) mass is 428 g/mol. The molecule has 0 aliphatic carbocycles. The zero-order valence-corrected chi connectivity index (χ0v) is 17.5. The van der Waals surface area contributed by atoms with E-state index in [-0.39, 0.29) is 11.7 Å². The first-order valence-corrected chi connectivity index (χ1v) is 9.79. The van der Waals surface area contributed by atoms with Crippen molar-refractivity contribution in [2.24, 2.45) is 0 Å². The average Bonchev–Trinajstić information content (AvgIpc) is 2.84. The number of carbonyl (C=O) groups is 2. The first kappa shape index (κ1) is 20.9. The highest BCUT2D eigenvalue weighted by molar-refractivity contribution is 6.04. The molecule has 0 aliphatic heterocycles. The Morgan fingerprint density at radius 3 is 2.16 bits per heavy atom. The summed E-state index contributed by atoms with van der Waals surface area (Å²) >= 11 is 0. The summed E-state index contributed by atoms with van der Waals surface area (Å²) in [6.07, 6.45) is 0. The third-order valence-corrected chi connectivity index (χ3v) is 4.76. The fourth-order valence-corrected chi connectivity index (χ4v) is 3.13. The predicted molar refractivity (Wildman–Crippen MR) is 121 cm³/mol. The van der Waals surface area contributed by atoms with Crippen LogP contribution in [0.5, 0.6) is 17.2 Å². The number of pyridine rings is 1. The van der Waals surface area contributed by atoms with Crippen molar-refractivity contribution in [3.8, 4) is 17.2 Å². The lowest BCUT2D eigenvalue weighted by Gasteiger charge is -2.10. The van der Waals surface area contributed by atoms with Crippen LogP contribution in [0.3, 0.4) is 0 Å². The lowest BCUT2D eigenvalue weighted by Crippen LogP contribution is -2.13. The largest absolute Gasteiger partial charge is 0.497 e. The number of nitrogens with zero attached hydrogens (tertiary/aromatic N) is 1. The van der Waals surface area contributed by atoms with Gasteiger partial charge in [0.1, 0.15) is 22.8 Å². The van der Waals surface area contributed by atoms with Crippen LogP contribution in [0.25, 0.3) is 10.9 Å². The second-order valence-corrected chi connectivity index (χ2v) is 6.83. The SMILES string of the molecule is COc1cccc(C(=O)Nc2ccc3cccc(OC(=O)c4cccc(OC)c4)c3n2)c1. The fraction of sp³-hybridized carbons (Fsp3) is 0.0800. The minimum Gasteiger partial charge on any atom is -0.497 e. The molecular formula is C25H20N2O5. The molecule has 4 rings (SSSR count). The van der Waals surface area contributed by atoms with Crippen molar-refractivity contribution >= 4 is 28.6 Å². The Bertz CT molecular complexity index is 1300. The number of esters is 1. The second-order valence-electron chi connectivity index (χ2n) is 6.83. The van der Waals surface area contributed by atoms with E-state index in [1.807, 2.05) is 6.07 Å². The van der Waals surface area contributed by atoms with Crippen LogP contribution >= 0.6 is 0 Å². The maximum atomic E-state index is 12.6. The topological polar surface area (TPSA) is 86.8 Å². The van der Waals surface area contributed by atoms with Gasteiger partial charge in [0.05, 0.1) is 19.8 Å².